The minimum absolute atomic E-state index is 0.205. The molecular weight excluding hydrogens is 476 g/mol. The number of nitrogens with one attached hydrogen (secondary N) is 2. The van der Waals surface area contributed by atoms with Gasteiger partial charge in [-0.2, -0.15) is 0 Å². The van der Waals surface area contributed by atoms with Gasteiger partial charge < -0.3 is 20.1 Å². The smallest absolute Gasteiger partial charge is 0.255 e. The van der Waals surface area contributed by atoms with Crippen molar-refractivity contribution in [2.24, 2.45) is 0 Å². The Labute approximate surface area is 211 Å². The van der Waals surface area contributed by atoms with Gasteiger partial charge in [0, 0.05) is 23.4 Å². The average Bonchev–Trinajstić information content (AvgIpc) is 3.29. The van der Waals surface area contributed by atoms with E-state index in [4.69, 9.17) is 4.74 Å². The van der Waals surface area contributed by atoms with Gasteiger partial charge in [-0.15, -0.1) is 0 Å². The van der Waals surface area contributed by atoms with E-state index in [-0.39, 0.29) is 17.4 Å². The molecule has 0 aliphatic carbocycles. The molecule has 1 atom stereocenters. The quantitative estimate of drug-likeness (QED) is 0.296. The lowest BCUT2D eigenvalue weighted by molar-refractivity contribution is 0.0912. The van der Waals surface area contributed by atoms with E-state index in [9.17, 15) is 18.3 Å². The fourth-order valence-electron chi connectivity index (χ4n) is 4.12. The van der Waals surface area contributed by atoms with Gasteiger partial charge in [0.2, 0.25) is 0 Å². The predicted molar refractivity (Wildman–Crippen MR) is 141 cm³/mol. The van der Waals surface area contributed by atoms with Crippen molar-refractivity contribution in [2.45, 2.75) is 30.7 Å². The normalized spacial score (nSPS) is 12.4. The summed E-state index contributed by atoms with van der Waals surface area (Å²) < 4.78 is 29.9. The van der Waals surface area contributed by atoms with Gasteiger partial charge in [0.05, 0.1) is 29.7 Å². The van der Waals surface area contributed by atoms with Crippen LogP contribution in [-0.2, 0) is 16.3 Å². The Bertz CT molecular complexity index is 1480. The van der Waals surface area contributed by atoms with E-state index >= 15 is 0 Å². The number of hydrogen-bond donors (Lipinski definition) is 3. The summed E-state index contributed by atoms with van der Waals surface area (Å²) in [6.45, 7) is 2.20. The van der Waals surface area contributed by atoms with Crippen LogP contribution >= 0.6 is 0 Å². The molecule has 1 heterocycles. The van der Waals surface area contributed by atoms with Gasteiger partial charge in [0.25, 0.3) is 5.91 Å². The van der Waals surface area contributed by atoms with Crippen LogP contribution in [0, 0.1) is 0 Å². The summed E-state index contributed by atoms with van der Waals surface area (Å²) >= 11 is 0. The Morgan fingerprint density at radius 2 is 1.83 bits per heavy atom. The van der Waals surface area contributed by atoms with Crippen molar-refractivity contribution in [1.82, 2.24) is 10.3 Å². The molecule has 8 heteroatoms. The first-order chi connectivity index (χ1) is 17.3. The van der Waals surface area contributed by atoms with E-state index in [2.05, 4.69) is 10.3 Å². The molecule has 3 aromatic carbocycles. The summed E-state index contributed by atoms with van der Waals surface area (Å²) in [6, 6.07) is 19.2. The summed E-state index contributed by atoms with van der Waals surface area (Å²) in [7, 11) is -3.37. The summed E-state index contributed by atoms with van der Waals surface area (Å²) in [5, 5.41) is 14.0. The number of carbonyl (C=O) groups is 1. The lowest BCUT2D eigenvalue weighted by atomic mass is 10.0. The molecule has 1 aromatic heterocycles. The second kappa shape index (κ2) is 11.0. The standard InChI is InChI=1S/C28H30N2O5S/c1-3-13-35-27-12-11-20(19-7-6-8-23(15-19)36(2,33)34)16-25(27)28(32)30-22(18-31)14-21-17-29-26-10-5-4-9-24(21)26/h4-12,15-17,22,29,31H,3,13-14,18H2,1-2H3,(H,30,32). The van der Waals surface area contributed by atoms with Crippen LogP contribution in [0.3, 0.4) is 0 Å². The largest absolute Gasteiger partial charge is 0.493 e. The first-order valence-electron chi connectivity index (χ1n) is 11.8. The number of H-pyrrole nitrogens is 1. The Hall–Kier alpha value is -3.62. The Morgan fingerprint density at radius 3 is 2.58 bits per heavy atom. The van der Waals surface area contributed by atoms with Crippen LogP contribution in [-0.4, -0.2) is 49.9 Å². The molecule has 0 saturated carbocycles. The van der Waals surface area contributed by atoms with Crippen LogP contribution in [0.2, 0.25) is 0 Å². The lowest BCUT2D eigenvalue weighted by Gasteiger charge is -2.18. The van der Waals surface area contributed by atoms with Crippen LogP contribution in [0.15, 0.2) is 77.8 Å². The fourth-order valence-corrected chi connectivity index (χ4v) is 4.79. The number of sulfone groups is 1. The Balaban J connectivity index is 1.63. The molecule has 4 rings (SSSR count). The van der Waals surface area contributed by atoms with E-state index < -0.39 is 15.9 Å². The van der Waals surface area contributed by atoms with Crippen molar-refractivity contribution in [3.63, 3.8) is 0 Å². The summed E-state index contributed by atoms with van der Waals surface area (Å²) in [5.74, 6) is 0.0577. The van der Waals surface area contributed by atoms with Crippen LogP contribution in [0.25, 0.3) is 22.0 Å². The number of rotatable bonds is 10. The van der Waals surface area contributed by atoms with Gasteiger partial charge in [-0.3, -0.25) is 4.79 Å². The zero-order valence-corrected chi connectivity index (χ0v) is 21.1. The molecule has 4 aromatic rings. The monoisotopic (exact) mass is 506 g/mol. The molecule has 0 fully saturated rings. The number of amides is 1. The van der Waals surface area contributed by atoms with E-state index in [1.54, 1.807) is 42.5 Å². The number of fused-ring (bicyclic) bond motifs is 1. The van der Waals surface area contributed by atoms with Crippen molar-refractivity contribution in [2.75, 3.05) is 19.5 Å². The third-order valence-corrected chi connectivity index (χ3v) is 7.09. The summed E-state index contributed by atoms with van der Waals surface area (Å²) in [5.41, 5.74) is 3.68. The molecule has 3 N–H and O–H groups in total. The van der Waals surface area contributed by atoms with Crippen LogP contribution in [0.4, 0.5) is 0 Å². The highest BCUT2D eigenvalue weighted by Crippen LogP contribution is 2.29. The molecule has 1 unspecified atom stereocenters. The third-order valence-electron chi connectivity index (χ3n) is 5.98. The first kappa shape index (κ1) is 25.5. The molecule has 36 heavy (non-hydrogen) atoms. The number of hydrogen-bond acceptors (Lipinski definition) is 5. The minimum atomic E-state index is -3.37. The van der Waals surface area contributed by atoms with Crippen molar-refractivity contribution in [1.29, 1.82) is 0 Å². The number of aliphatic hydroxyl groups excluding tert-OH is 1. The van der Waals surface area contributed by atoms with Gasteiger partial charge >= 0.3 is 0 Å². The third kappa shape index (κ3) is 5.78. The maximum atomic E-state index is 13.4. The molecule has 0 radical (unpaired) electrons. The molecule has 0 spiro atoms. The second-order valence-corrected chi connectivity index (χ2v) is 10.8. The van der Waals surface area contributed by atoms with Crippen LogP contribution in [0.1, 0.15) is 29.3 Å². The predicted octanol–water partition coefficient (Wildman–Crippen LogP) is 4.36. The van der Waals surface area contributed by atoms with Crippen molar-refractivity contribution in [3.05, 3.63) is 84.1 Å². The summed E-state index contributed by atoms with van der Waals surface area (Å²) in [4.78, 5) is 16.8. The molecule has 0 bridgehead atoms. The van der Waals surface area contributed by atoms with Crippen molar-refractivity contribution < 1.29 is 23.1 Å². The number of carbonyl (C=O) groups excluding carboxylic acids is 1. The molecule has 0 aliphatic rings. The highest BCUT2D eigenvalue weighted by molar-refractivity contribution is 7.90. The second-order valence-electron chi connectivity index (χ2n) is 8.78. The molecule has 188 valence electrons. The van der Waals surface area contributed by atoms with E-state index in [1.807, 2.05) is 37.4 Å². The number of benzene rings is 3. The van der Waals surface area contributed by atoms with E-state index in [0.29, 0.717) is 35.5 Å². The number of aliphatic hydroxyl groups is 1. The number of aromatic nitrogens is 1. The topological polar surface area (TPSA) is 108 Å². The maximum absolute atomic E-state index is 13.4. The molecule has 0 aliphatic heterocycles. The Morgan fingerprint density at radius 1 is 1.06 bits per heavy atom. The first-order valence-corrected chi connectivity index (χ1v) is 13.7. The number of aromatic amines is 1. The molecule has 1 amide bonds. The highest BCUT2D eigenvalue weighted by Gasteiger charge is 2.20. The zero-order valence-electron chi connectivity index (χ0n) is 20.3. The van der Waals surface area contributed by atoms with Gasteiger partial charge in [-0.1, -0.05) is 43.3 Å². The Kier molecular flexibility index (Phi) is 7.76. The SMILES string of the molecule is CCCOc1ccc(-c2cccc(S(C)(=O)=O)c2)cc1C(=O)NC(CO)Cc1c[nH]c2ccccc12. The van der Waals surface area contributed by atoms with Crippen molar-refractivity contribution in [3.8, 4) is 16.9 Å². The minimum Gasteiger partial charge on any atom is -0.493 e. The number of para-hydroxylation sites is 1. The van der Waals surface area contributed by atoms with E-state index in [0.717, 1.165) is 29.1 Å². The van der Waals surface area contributed by atoms with E-state index in [1.165, 1.54) is 0 Å². The van der Waals surface area contributed by atoms with Crippen molar-refractivity contribution >= 4 is 26.6 Å². The average molecular weight is 507 g/mol. The van der Waals surface area contributed by atoms with Gasteiger partial charge in [-0.05, 0) is 59.9 Å². The van der Waals surface area contributed by atoms with Gasteiger partial charge in [0.1, 0.15) is 5.75 Å². The molecule has 7 nitrogen and oxygen atoms in total. The van der Waals surface area contributed by atoms with Crippen LogP contribution < -0.4 is 10.1 Å². The lowest BCUT2D eigenvalue weighted by Crippen LogP contribution is -2.39. The molecule has 0 saturated heterocycles. The van der Waals surface area contributed by atoms with Gasteiger partial charge in [0.15, 0.2) is 9.84 Å². The fraction of sp³-hybridized carbons (Fsp3) is 0.250. The maximum Gasteiger partial charge on any atom is 0.255 e. The number of ether oxygens (including phenoxy) is 1. The molecular formula is C28H30N2O5S. The van der Waals surface area contributed by atoms with Crippen LogP contribution in [0.5, 0.6) is 5.75 Å². The zero-order chi connectivity index (χ0) is 25.7. The summed E-state index contributed by atoms with van der Waals surface area (Å²) in [6.07, 6.45) is 4.28. The van der Waals surface area contributed by atoms with Gasteiger partial charge in [-0.25, -0.2) is 8.42 Å². The highest BCUT2D eigenvalue weighted by atomic mass is 32.2.